The topological polar surface area (TPSA) is 50.4 Å². The van der Waals surface area contributed by atoms with E-state index in [2.05, 4.69) is 10.6 Å². The minimum atomic E-state index is 0.161. The first-order valence-electron chi connectivity index (χ1n) is 7.42. The second kappa shape index (κ2) is 7.74. The molecular formula is C14H26N2O2. The molecule has 0 aromatic heterocycles. The van der Waals surface area contributed by atoms with E-state index in [1.165, 1.54) is 32.1 Å². The first-order valence-corrected chi connectivity index (χ1v) is 7.42. The molecule has 104 valence electrons. The Hall–Kier alpha value is -0.610. The summed E-state index contributed by atoms with van der Waals surface area (Å²) in [6, 6.07) is 0.202. The molecule has 2 rings (SSSR count). The van der Waals surface area contributed by atoms with Crippen molar-refractivity contribution in [2.45, 2.75) is 51.0 Å². The Labute approximate surface area is 110 Å². The van der Waals surface area contributed by atoms with Gasteiger partial charge < -0.3 is 15.4 Å². The first kappa shape index (κ1) is 13.8. The summed E-state index contributed by atoms with van der Waals surface area (Å²) in [6.45, 7) is 3.13. The number of hydrogen-bond acceptors (Lipinski definition) is 3. The molecule has 1 heterocycles. The van der Waals surface area contributed by atoms with Gasteiger partial charge in [-0.1, -0.05) is 32.1 Å². The van der Waals surface area contributed by atoms with Crippen LogP contribution in [-0.4, -0.2) is 38.3 Å². The van der Waals surface area contributed by atoms with Crippen LogP contribution >= 0.6 is 0 Å². The summed E-state index contributed by atoms with van der Waals surface area (Å²) in [7, 11) is 0. The molecule has 0 radical (unpaired) electrons. The van der Waals surface area contributed by atoms with Gasteiger partial charge in [-0.25, -0.2) is 0 Å². The Kier molecular flexibility index (Phi) is 5.94. The van der Waals surface area contributed by atoms with Gasteiger partial charge in [0.1, 0.15) is 0 Å². The highest BCUT2D eigenvalue weighted by molar-refractivity contribution is 5.76. The third-order valence-corrected chi connectivity index (χ3v) is 4.03. The van der Waals surface area contributed by atoms with Crippen molar-refractivity contribution in [3.8, 4) is 0 Å². The summed E-state index contributed by atoms with van der Waals surface area (Å²) in [5, 5.41) is 6.35. The monoisotopic (exact) mass is 254 g/mol. The van der Waals surface area contributed by atoms with E-state index in [4.69, 9.17) is 4.74 Å². The second-order valence-corrected chi connectivity index (χ2v) is 5.57. The quantitative estimate of drug-likeness (QED) is 0.781. The second-order valence-electron chi connectivity index (χ2n) is 5.57. The van der Waals surface area contributed by atoms with Crippen molar-refractivity contribution in [3.05, 3.63) is 0 Å². The zero-order valence-corrected chi connectivity index (χ0v) is 11.2. The highest BCUT2D eigenvalue weighted by atomic mass is 16.5. The number of carbonyl (C=O) groups is 1. The molecule has 4 nitrogen and oxygen atoms in total. The van der Waals surface area contributed by atoms with Crippen molar-refractivity contribution in [1.82, 2.24) is 10.6 Å². The van der Waals surface area contributed by atoms with Crippen molar-refractivity contribution in [3.63, 3.8) is 0 Å². The van der Waals surface area contributed by atoms with Crippen molar-refractivity contribution in [1.29, 1.82) is 0 Å². The standard InChI is InChI=1S/C14H26N2O2/c17-14(10-13-11-18-9-8-15-13)16-7-6-12-4-2-1-3-5-12/h12-13,15H,1-11H2,(H,16,17). The summed E-state index contributed by atoms with van der Waals surface area (Å²) < 4.78 is 5.34. The molecule has 0 aromatic carbocycles. The van der Waals surface area contributed by atoms with Gasteiger partial charge >= 0.3 is 0 Å². The average Bonchev–Trinajstić information content (AvgIpc) is 2.41. The van der Waals surface area contributed by atoms with Gasteiger partial charge in [0.2, 0.25) is 5.91 Å². The van der Waals surface area contributed by atoms with E-state index in [-0.39, 0.29) is 11.9 Å². The highest BCUT2D eigenvalue weighted by Gasteiger charge is 2.17. The molecule has 0 spiro atoms. The summed E-state index contributed by atoms with van der Waals surface area (Å²) in [5.41, 5.74) is 0. The van der Waals surface area contributed by atoms with Gasteiger partial charge in [0.15, 0.2) is 0 Å². The fraction of sp³-hybridized carbons (Fsp3) is 0.929. The van der Waals surface area contributed by atoms with Crippen LogP contribution in [0.15, 0.2) is 0 Å². The van der Waals surface area contributed by atoms with Crippen molar-refractivity contribution in [2.24, 2.45) is 5.92 Å². The zero-order chi connectivity index (χ0) is 12.6. The number of amides is 1. The Morgan fingerprint density at radius 1 is 1.28 bits per heavy atom. The zero-order valence-electron chi connectivity index (χ0n) is 11.2. The third kappa shape index (κ3) is 4.94. The Balaban J connectivity index is 1.53. The van der Waals surface area contributed by atoms with Crippen LogP contribution in [0.2, 0.25) is 0 Å². The number of morpholine rings is 1. The van der Waals surface area contributed by atoms with Gasteiger partial charge in [0, 0.05) is 25.6 Å². The van der Waals surface area contributed by atoms with Crippen LogP contribution in [0.5, 0.6) is 0 Å². The molecule has 1 saturated heterocycles. The van der Waals surface area contributed by atoms with E-state index in [0.717, 1.165) is 32.0 Å². The molecule has 0 bridgehead atoms. The molecule has 2 aliphatic rings. The SMILES string of the molecule is O=C(CC1COCCN1)NCCC1CCCCC1. The third-order valence-electron chi connectivity index (χ3n) is 4.03. The van der Waals surface area contributed by atoms with Gasteiger partial charge in [0.05, 0.1) is 13.2 Å². The smallest absolute Gasteiger partial charge is 0.221 e. The van der Waals surface area contributed by atoms with Gasteiger partial charge in [-0.15, -0.1) is 0 Å². The molecular weight excluding hydrogens is 228 g/mol. The predicted octanol–water partition coefficient (Wildman–Crippen LogP) is 1.45. The lowest BCUT2D eigenvalue weighted by Gasteiger charge is -2.24. The van der Waals surface area contributed by atoms with Crippen LogP contribution in [-0.2, 0) is 9.53 Å². The first-order chi connectivity index (χ1) is 8.84. The Morgan fingerprint density at radius 2 is 2.11 bits per heavy atom. The fourth-order valence-electron chi connectivity index (χ4n) is 2.94. The molecule has 4 heteroatoms. The molecule has 1 amide bonds. The summed E-state index contributed by atoms with van der Waals surface area (Å²) in [4.78, 5) is 11.7. The van der Waals surface area contributed by atoms with E-state index in [1.807, 2.05) is 0 Å². The Morgan fingerprint density at radius 3 is 2.83 bits per heavy atom. The molecule has 1 saturated carbocycles. The van der Waals surface area contributed by atoms with E-state index < -0.39 is 0 Å². The van der Waals surface area contributed by atoms with E-state index in [0.29, 0.717) is 13.0 Å². The molecule has 2 fully saturated rings. The minimum absolute atomic E-state index is 0.161. The largest absolute Gasteiger partial charge is 0.378 e. The summed E-state index contributed by atoms with van der Waals surface area (Å²) >= 11 is 0. The lowest BCUT2D eigenvalue weighted by atomic mass is 9.87. The number of hydrogen-bond donors (Lipinski definition) is 2. The normalized spacial score (nSPS) is 25.9. The van der Waals surface area contributed by atoms with Crippen molar-refractivity contribution < 1.29 is 9.53 Å². The van der Waals surface area contributed by atoms with Crippen LogP contribution in [0.1, 0.15) is 44.9 Å². The number of rotatable bonds is 5. The van der Waals surface area contributed by atoms with Gasteiger partial charge in [-0.2, -0.15) is 0 Å². The average molecular weight is 254 g/mol. The molecule has 2 N–H and O–H groups in total. The van der Waals surface area contributed by atoms with Crippen molar-refractivity contribution in [2.75, 3.05) is 26.3 Å². The van der Waals surface area contributed by atoms with Crippen molar-refractivity contribution >= 4 is 5.91 Å². The summed E-state index contributed by atoms with van der Waals surface area (Å²) in [6.07, 6.45) is 8.56. The predicted molar refractivity (Wildman–Crippen MR) is 71.4 cm³/mol. The van der Waals surface area contributed by atoms with E-state index in [9.17, 15) is 4.79 Å². The molecule has 1 aliphatic heterocycles. The number of nitrogens with one attached hydrogen (secondary N) is 2. The number of carbonyl (C=O) groups excluding carboxylic acids is 1. The highest BCUT2D eigenvalue weighted by Crippen LogP contribution is 2.25. The molecule has 0 aromatic rings. The molecule has 18 heavy (non-hydrogen) atoms. The van der Waals surface area contributed by atoms with Gasteiger partial charge in [-0.3, -0.25) is 4.79 Å². The molecule has 1 atom stereocenters. The number of ether oxygens (including phenoxy) is 1. The lowest BCUT2D eigenvalue weighted by Crippen LogP contribution is -2.44. The molecule has 1 aliphatic carbocycles. The maximum Gasteiger partial charge on any atom is 0.221 e. The van der Waals surface area contributed by atoms with Gasteiger partial charge in [0.25, 0.3) is 0 Å². The van der Waals surface area contributed by atoms with Gasteiger partial charge in [-0.05, 0) is 12.3 Å². The van der Waals surface area contributed by atoms with Crippen LogP contribution in [0, 0.1) is 5.92 Å². The summed E-state index contributed by atoms with van der Waals surface area (Å²) in [5.74, 6) is 1.00. The van der Waals surface area contributed by atoms with E-state index in [1.54, 1.807) is 0 Å². The van der Waals surface area contributed by atoms with Crippen LogP contribution in [0.25, 0.3) is 0 Å². The molecule has 1 unspecified atom stereocenters. The lowest BCUT2D eigenvalue weighted by molar-refractivity contribution is -0.122. The minimum Gasteiger partial charge on any atom is -0.378 e. The maximum atomic E-state index is 11.7. The Bertz CT molecular complexity index is 246. The van der Waals surface area contributed by atoms with Crippen LogP contribution in [0.3, 0.4) is 0 Å². The fourth-order valence-corrected chi connectivity index (χ4v) is 2.94. The van der Waals surface area contributed by atoms with E-state index >= 15 is 0 Å². The van der Waals surface area contributed by atoms with Crippen LogP contribution < -0.4 is 10.6 Å². The maximum absolute atomic E-state index is 11.7. The van der Waals surface area contributed by atoms with Crippen LogP contribution in [0.4, 0.5) is 0 Å².